The second-order valence-corrected chi connectivity index (χ2v) is 5.08. The molecule has 2 fully saturated rings. The molecule has 4 nitrogen and oxygen atoms in total. The van der Waals surface area contributed by atoms with Crippen molar-refractivity contribution < 1.29 is 4.74 Å². The molecule has 2 atom stereocenters. The molecule has 92 valence electrons. The Morgan fingerprint density at radius 1 is 1.29 bits per heavy atom. The molecule has 0 N–H and O–H groups in total. The van der Waals surface area contributed by atoms with E-state index in [4.69, 9.17) is 4.74 Å². The van der Waals surface area contributed by atoms with Crippen molar-refractivity contribution >= 4 is 0 Å². The molecule has 0 amide bonds. The van der Waals surface area contributed by atoms with E-state index >= 15 is 0 Å². The second-order valence-electron chi connectivity index (χ2n) is 5.08. The number of hydrogen-bond donors (Lipinski definition) is 0. The van der Waals surface area contributed by atoms with E-state index in [-0.39, 0.29) is 0 Å². The van der Waals surface area contributed by atoms with E-state index in [1.807, 2.05) is 13.3 Å². The number of hydrogen-bond acceptors (Lipinski definition) is 4. The van der Waals surface area contributed by atoms with Crippen molar-refractivity contribution in [3.63, 3.8) is 0 Å². The van der Waals surface area contributed by atoms with Crippen molar-refractivity contribution in [2.75, 3.05) is 7.11 Å². The highest BCUT2D eigenvalue weighted by Gasteiger charge is 2.40. The van der Waals surface area contributed by atoms with Gasteiger partial charge in [0.25, 0.3) is 0 Å². The zero-order valence-corrected chi connectivity index (χ0v) is 10.2. The smallest absolute Gasteiger partial charge is 0.0727 e. The highest BCUT2D eigenvalue weighted by atomic mass is 16.5. The molecule has 17 heavy (non-hydrogen) atoms. The minimum atomic E-state index is 0.464. The van der Waals surface area contributed by atoms with Crippen LogP contribution in [0.3, 0.4) is 0 Å². The molecule has 0 radical (unpaired) electrons. The van der Waals surface area contributed by atoms with Gasteiger partial charge in [-0.2, -0.15) is 0 Å². The van der Waals surface area contributed by atoms with Gasteiger partial charge < -0.3 is 4.74 Å². The first-order valence-electron chi connectivity index (χ1n) is 6.40. The average molecular weight is 233 g/mol. The van der Waals surface area contributed by atoms with Gasteiger partial charge in [-0.25, -0.2) is 0 Å². The maximum atomic E-state index is 5.52. The Labute approximate surface area is 102 Å². The van der Waals surface area contributed by atoms with E-state index in [9.17, 15) is 0 Å². The van der Waals surface area contributed by atoms with Crippen LogP contribution in [0.1, 0.15) is 31.4 Å². The van der Waals surface area contributed by atoms with Crippen molar-refractivity contribution in [1.82, 2.24) is 14.9 Å². The van der Waals surface area contributed by atoms with Gasteiger partial charge in [0.05, 0.1) is 11.8 Å². The summed E-state index contributed by atoms with van der Waals surface area (Å²) in [5.74, 6) is 0. The maximum absolute atomic E-state index is 5.52. The molecule has 0 spiro atoms. The van der Waals surface area contributed by atoms with Crippen LogP contribution in [-0.2, 0) is 11.3 Å². The fraction of sp³-hybridized carbons (Fsp3) is 0.692. The standard InChI is InChI=1S/C13H19N3O/c1-17-13-6-11-2-3-12(7-13)16(11)9-10-8-14-4-5-15-10/h4-5,8,11-13H,2-3,6-7,9H2,1H3. The number of aromatic nitrogens is 2. The summed E-state index contributed by atoms with van der Waals surface area (Å²) >= 11 is 0. The van der Waals surface area contributed by atoms with Gasteiger partial charge in [0.1, 0.15) is 0 Å². The Morgan fingerprint density at radius 3 is 2.65 bits per heavy atom. The minimum Gasteiger partial charge on any atom is -0.381 e. The van der Waals surface area contributed by atoms with Gasteiger partial charge in [0.15, 0.2) is 0 Å². The van der Waals surface area contributed by atoms with E-state index in [0.29, 0.717) is 18.2 Å². The fourth-order valence-corrected chi connectivity index (χ4v) is 3.27. The van der Waals surface area contributed by atoms with Crippen molar-refractivity contribution in [3.8, 4) is 0 Å². The van der Waals surface area contributed by atoms with Crippen LogP contribution in [0, 0.1) is 0 Å². The first-order chi connectivity index (χ1) is 8.36. The van der Waals surface area contributed by atoms with Crippen molar-refractivity contribution in [2.45, 2.75) is 50.4 Å². The molecule has 0 saturated carbocycles. The van der Waals surface area contributed by atoms with Gasteiger partial charge in [-0.1, -0.05) is 0 Å². The summed E-state index contributed by atoms with van der Waals surface area (Å²) in [7, 11) is 1.84. The van der Waals surface area contributed by atoms with E-state index in [2.05, 4.69) is 14.9 Å². The third-order valence-corrected chi connectivity index (χ3v) is 4.14. The minimum absolute atomic E-state index is 0.464. The first-order valence-corrected chi connectivity index (χ1v) is 6.40. The number of piperidine rings is 1. The van der Waals surface area contributed by atoms with E-state index in [1.54, 1.807) is 12.4 Å². The largest absolute Gasteiger partial charge is 0.381 e. The zero-order chi connectivity index (χ0) is 11.7. The van der Waals surface area contributed by atoms with E-state index in [0.717, 1.165) is 12.2 Å². The highest BCUT2D eigenvalue weighted by molar-refractivity contribution is 5.01. The van der Waals surface area contributed by atoms with E-state index < -0.39 is 0 Å². The number of methoxy groups -OCH3 is 1. The normalized spacial score (nSPS) is 32.9. The van der Waals surface area contributed by atoms with Crippen molar-refractivity contribution in [1.29, 1.82) is 0 Å². The van der Waals surface area contributed by atoms with E-state index in [1.165, 1.54) is 25.7 Å². The van der Waals surface area contributed by atoms with Crippen LogP contribution in [0.5, 0.6) is 0 Å². The lowest BCUT2D eigenvalue weighted by atomic mass is 9.99. The van der Waals surface area contributed by atoms with Crippen molar-refractivity contribution in [2.24, 2.45) is 0 Å². The molecule has 4 heteroatoms. The molecule has 1 aromatic rings. The molecule has 0 aliphatic carbocycles. The lowest BCUT2D eigenvalue weighted by molar-refractivity contribution is 0.00202. The summed E-state index contributed by atoms with van der Waals surface area (Å²) in [5.41, 5.74) is 1.08. The van der Waals surface area contributed by atoms with Crippen LogP contribution in [0.15, 0.2) is 18.6 Å². The number of fused-ring (bicyclic) bond motifs is 2. The van der Waals surface area contributed by atoms with Crippen LogP contribution in [0.25, 0.3) is 0 Å². The SMILES string of the molecule is COC1CC2CCC(C1)N2Cc1cnccn1. The average Bonchev–Trinajstić information content (AvgIpc) is 2.63. The maximum Gasteiger partial charge on any atom is 0.0727 e. The quantitative estimate of drug-likeness (QED) is 0.795. The predicted octanol–water partition coefficient (Wildman–Crippen LogP) is 1.62. The molecule has 0 aromatic carbocycles. The Balaban J connectivity index is 1.69. The Hall–Kier alpha value is -1.00. The number of rotatable bonds is 3. The molecular formula is C13H19N3O. The third-order valence-electron chi connectivity index (χ3n) is 4.14. The van der Waals surface area contributed by atoms with Crippen LogP contribution in [0.2, 0.25) is 0 Å². The summed E-state index contributed by atoms with van der Waals surface area (Å²) in [6.07, 6.45) is 10.8. The lowest BCUT2D eigenvalue weighted by Crippen LogP contribution is -2.44. The second kappa shape index (κ2) is 4.70. The molecule has 2 aliphatic heterocycles. The van der Waals surface area contributed by atoms with Gasteiger partial charge in [-0.05, 0) is 25.7 Å². The summed E-state index contributed by atoms with van der Waals surface area (Å²) in [6, 6.07) is 1.36. The van der Waals surface area contributed by atoms with Crippen LogP contribution in [0.4, 0.5) is 0 Å². The Morgan fingerprint density at radius 2 is 2.06 bits per heavy atom. The Kier molecular flexibility index (Phi) is 3.07. The van der Waals surface area contributed by atoms with Gasteiger partial charge in [0.2, 0.25) is 0 Å². The molecular weight excluding hydrogens is 214 g/mol. The van der Waals surface area contributed by atoms with Gasteiger partial charge >= 0.3 is 0 Å². The molecule has 3 rings (SSSR count). The number of ether oxygens (including phenoxy) is 1. The zero-order valence-electron chi connectivity index (χ0n) is 10.2. The van der Waals surface area contributed by atoms with Crippen LogP contribution in [-0.4, -0.2) is 40.2 Å². The highest BCUT2D eigenvalue weighted by Crippen LogP contribution is 2.37. The first kappa shape index (κ1) is 11.1. The molecule has 2 aliphatic rings. The summed E-state index contributed by atoms with van der Waals surface area (Å²) < 4.78 is 5.52. The monoisotopic (exact) mass is 233 g/mol. The summed E-state index contributed by atoms with van der Waals surface area (Å²) in [4.78, 5) is 11.1. The summed E-state index contributed by atoms with van der Waals surface area (Å²) in [5, 5.41) is 0. The summed E-state index contributed by atoms with van der Waals surface area (Å²) in [6.45, 7) is 0.944. The topological polar surface area (TPSA) is 38.2 Å². The van der Waals surface area contributed by atoms with Crippen LogP contribution >= 0.6 is 0 Å². The number of nitrogens with zero attached hydrogens (tertiary/aromatic N) is 3. The fourth-order valence-electron chi connectivity index (χ4n) is 3.27. The third kappa shape index (κ3) is 2.19. The van der Waals surface area contributed by atoms with Gasteiger partial charge in [0, 0.05) is 44.3 Å². The molecule has 2 bridgehead atoms. The molecule has 3 heterocycles. The predicted molar refractivity (Wildman–Crippen MR) is 64.4 cm³/mol. The Bertz CT molecular complexity index is 356. The molecule has 2 saturated heterocycles. The van der Waals surface area contributed by atoms with Gasteiger partial charge in [-0.15, -0.1) is 0 Å². The van der Waals surface area contributed by atoms with Crippen molar-refractivity contribution in [3.05, 3.63) is 24.3 Å². The lowest BCUT2D eigenvalue weighted by Gasteiger charge is -2.38. The van der Waals surface area contributed by atoms with Crippen LogP contribution < -0.4 is 0 Å². The molecule has 2 unspecified atom stereocenters. The van der Waals surface area contributed by atoms with Gasteiger partial charge in [-0.3, -0.25) is 14.9 Å². The molecule has 1 aromatic heterocycles.